The largest absolute Gasteiger partial charge is 0.490 e. The zero-order valence-corrected chi connectivity index (χ0v) is 18.4. The average Bonchev–Trinajstić information content (AvgIpc) is 2.88. The second kappa shape index (κ2) is 11.3. The number of nitrogens with one attached hydrogen (secondary N) is 2. The Labute approximate surface area is 198 Å². The highest BCUT2D eigenvalue weighted by molar-refractivity contribution is 6.07. The number of para-hydroxylation sites is 2. The van der Waals surface area contributed by atoms with Crippen molar-refractivity contribution in [2.45, 2.75) is 0 Å². The van der Waals surface area contributed by atoms with Crippen molar-refractivity contribution in [3.63, 3.8) is 0 Å². The van der Waals surface area contributed by atoms with Gasteiger partial charge >= 0.3 is 0 Å². The zero-order chi connectivity index (χ0) is 23.6. The van der Waals surface area contributed by atoms with E-state index in [2.05, 4.69) is 10.6 Å². The molecule has 0 saturated carbocycles. The van der Waals surface area contributed by atoms with Crippen LogP contribution < -0.4 is 20.1 Å². The highest BCUT2D eigenvalue weighted by atomic mass is 16.5. The molecule has 4 rings (SSSR count). The normalized spacial score (nSPS) is 10.2. The molecule has 0 spiro atoms. The van der Waals surface area contributed by atoms with Gasteiger partial charge < -0.3 is 20.1 Å². The number of amides is 2. The molecule has 0 aromatic heterocycles. The molecule has 6 nitrogen and oxygen atoms in total. The Morgan fingerprint density at radius 3 is 1.74 bits per heavy atom. The molecule has 0 aliphatic heterocycles. The van der Waals surface area contributed by atoms with Crippen LogP contribution in [-0.2, 0) is 0 Å². The summed E-state index contributed by atoms with van der Waals surface area (Å²) in [5, 5.41) is 5.66. The third-order valence-corrected chi connectivity index (χ3v) is 4.89. The van der Waals surface area contributed by atoms with Crippen LogP contribution in [0.3, 0.4) is 0 Å². The van der Waals surface area contributed by atoms with Crippen molar-refractivity contribution in [2.75, 3.05) is 23.8 Å². The lowest BCUT2D eigenvalue weighted by molar-refractivity contribution is 0.101. The number of hydrogen-bond acceptors (Lipinski definition) is 4. The van der Waals surface area contributed by atoms with Crippen molar-refractivity contribution in [1.82, 2.24) is 0 Å². The van der Waals surface area contributed by atoms with E-state index < -0.39 is 0 Å². The minimum absolute atomic E-state index is 0.250. The Bertz CT molecular complexity index is 1230. The number of rotatable bonds is 9. The summed E-state index contributed by atoms with van der Waals surface area (Å²) in [6.07, 6.45) is 0. The maximum atomic E-state index is 12.6. The van der Waals surface area contributed by atoms with Crippen LogP contribution in [0.4, 0.5) is 11.4 Å². The molecule has 0 fully saturated rings. The number of carbonyl (C=O) groups excluding carboxylic acids is 2. The topological polar surface area (TPSA) is 76.7 Å². The summed E-state index contributed by atoms with van der Waals surface area (Å²) in [5.41, 5.74) is 2.16. The Balaban J connectivity index is 1.28. The molecule has 0 heterocycles. The van der Waals surface area contributed by atoms with Gasteiger partial charge in [-0.2, -0.15) is 0 Å². The summed E-state index contributed by atoms with van der Waals surface area (Å²) < 4.78 is 11.3. The lowest BCUT2D eigenvalue weighted by Crippen LogP contribution is -2.14. The predicted octanol–water partition coefficient (Wildman–Crippen LogP) is 5.65. The monoisotopic (exact) mass is 452 g/mol. The highest BCUT2D eigenvalue weighted by Crippen LogP contribution is 2.17. The van der Waals surface area contributed by atoms with Crippen LogP contribution in [0.15, 0.2) is 109 Å². The summed E-state index contributed by atoms with van der Waals surface area (Å²) >= 11 is 0. The first-order chi connectivity index (χ1) is 16.7. The first-order valence-electron chi connectivity index (χ1n) is 10.9. The molecule has 0 aliphatic carbocycles. The van der Waals surface area contributed by atoms with Crippen LogP contribution in [0.25, 0.3) is 0 Å². The van der Waals surface area contributed by atoms with Gasteiger partial charge in [0.1, 0.15) is 24.7 Å². The van der Waals surface area contributed by atoms with Gasteiger partial charge in [-0.05, 0) is 66.7 Å². The Morgan fingerprint density at radius 2 is 1.06 bits per heavy atom. The van der Waals surface area contributed by atoms with Crippen LogP contribution in [0.5, 0.6) is 11.5 Å². The lowest BCUT2D eigenvalue weighted by Gasteiger charge is -2.10. The van der Waals surface area contributed by atoms with E-state index in [9.17, 15) is 9.59 Å². The van der Waals surface area contributed by atoms with Gasteiger partial charge in [-0.3, -0.25) is 9.59 Å². The van der Waals surface area contributed by atoms with Gasteiger partial charge in [0.05, 0.1) is 0 Å². The van der Waals surface area contributed by atoms with Gasteiger partial charge in [0, 0.05) is 22.5 Å². The van der Waals surface area contributed by atoms with Crippen molar-refractivity contribution in [2.24, 2.45) is 0 Å². The Kier molecular flexibility index (Phi) is 7.54. The molecule has 0 bridgehead atoms. The summed E-state index contributed by atoms with van der Waals surface area (Å²) in [4.78, 5) is 25.1. The van der Waals surface area contributed by atoms with Crippen LogP contribution in [0.1, 0.15) is 20.7 Å². The van der Waals surface area contributed by atoms with Crippen LogP contribution >= 0.6 is 0 Å². The molecule has 0 atom stereocenters. The van der Waals surface area contributed by atoms with Gasteiger partial charge in [0.15, 0.2) is 0 Å². The molecule has 2 amide bonds. The van der Waals surface area contributed by atoms with Gasteiger partial charge in [-0.25, -0.2) is 0 Å². The van der Waals surface area contributed by atoms with Gasteiger partial charge in [0.25, 0.3) is 11.8 Å². The van der Waals surface area contributed by atoms with Gasteiger partial charge in [-0.1, -0.05) is 42.5 Å². The third kappa shape index (κ3) is 6.46. The molecule has 2 N–H and O–H groups in total. The molecular weight excluding hydrogens is 428 g/mol. The molecule has 0 saturated heterocycles. The van der Waals surface area contributed by atoms with E-state index in [0.717, 1.165) is 5.75 Å². The minimum atomic E-state index is -0.278. The third-order valence-electron chi connectivity index (χ3n) is 4.89. The van der Waals surface area contributed by atoms with E-state index in [0.29, 0.717) is 41.5 Å². The van der Waals surface area contributed by atoms with E-state index in [-0.39, 0.29) is 11.8 Å². The molecule has 170 valence electrons. The Morgan fingerprint density at radius 1 is 0.529 bits per heavy atom. The molecule has 0 unspecified atom stereocenters. The minimum Gasteiger partial charge on any atom is -0.490 e. The van der Waals surface area contributed by atoms with Crippen molar-refractivity contribution >= 4 is 23.2 Å². The fourth-order valence-corrected chi connectivity index (χ4v) is 3.20. The lowest BCUT2D eigenvalue weighted by atomic mass is 10.1. The second-order valence-electron chi connectivity index (χ2n) is 7.39. The van der Waals surface area contributed by atoms with Crippen LogP contribution in [0.2, 0.25) is 0 Å². The van der Waals surface area contributed by atoms with E-state index in [1.807, 2.05) is 60.7 Å². The van der Waals surface area contributed by atoms with Crippen LogP contribution in [0, 0.1) is 0 Å². The quantitative estimate of drug-likeness (QED) is 0.322. The van der Waals surface area contributed by atoms with Gasteiger partial charge in [0.2, 0.25) is 0 Å². The predicted molar refractivity (Wildman–Crippen MR) is 133 cm³/mol. The first-order valence-corrected chi connectivity index (χ1v) is 10.9. The number of hydrogen-bond donors (Lipinski definition) is 2. The molecule has 0 aliphatic rings. The number of carbonyl (C=O) groups is 2. The van der Waals surface area contributed by atoms with Crippen molar-refractivity contribution in [1.29, 1.82) is 0 Å². The van der Waals surface area contributed by atoms with E-state index in [1.54, 1.807) is 48.5 Å². The number of anilines is 2. The highest BCUT2D eigenvalue weighted by Gasteiger charge is 2.10. The van der Waals surface area contributed by atoms with Crippen LogP contribution in [-0.4, -0.2) is 25.0 Å². The fraction of sp³-hybridized carbons (Fsp3) is 0.0714. The number of ether oxygens (including phenoxy) is 2. The summed E-state index contributed by atoms with van der Waals surface area (Å²) in [6, 6.07) is 32.4. The molecule has 4 aromatic rings. The maximum Gasteiger partial charge on any atom is 0.255 e. The first kappa shape index (κ1) is 22.6. The maximum absolute atomic E-state index is 12.6. The molecule has 34 heavy (non-hydrogen) atoms. The SMILES string of the molecule is O=C(Nc1cccc(C(=O)Nc2ccccc2)c1)c1ccc(OCCOc2ccccc2)cc1. The second-order valence-corrected chi connectivity index (χ2v) is 7.39. The van der Waals surface area contributed by atoms with E-state index >= 15 is 0 Å². The van der Waals surface area contributed by atoms with Crippen molar-refractivity contribution in [3.8, 4) is 11.5 Å². The molecule has 6 heteroatoms. The molecular formula is C28H24N2O4. The van der Waals surface area contributed by atoms with Gasteiger partial charge in [-0.15, -0.1) is 0 Å². The smallest absolute Gasteiger partial charge is 0.255 e. The Hall–Kier alpha value is -4.58. The average molecular weight is 453 g/mol. The van der Waals surface area contributed by atoms with E-state index in [4.69, 9.17) is 9.47 Å². The standard InChI is InChI=1S/C28H24N2O4/c31-27(21-14-16-26(17-15-21)34-19-18-33-25-12-5-2-6-13-25)30-24-11-7-8-22(20-24)28(32)29-23-9-3-1-4-10-23/h1-17,20H,18-19H2,(H,29,32)(H,30,31). The van der Waals surface area contributed by atoms with Crippen molar-refractivity contribution < 1.29 is 19.1 Å². The molecule has 0 radical (unpaired) electrons. The zero-order valence-electron chi connectivity index (χ0n) is 18.4. The van der Waals surface area contributed by atoms with E-state index in [1.165, 1.54) is 0 Å². The molecule has 4 aromatic carbocycles. The summed E-state index contributed by atoms with van der Waals surface area (Å²) in [6.45, 7) is 0.804. The summed E-state index contributed by atoms with van der Waals surface area (Å²) in [7, 11) is 0. The van der Waals surface area contributed by atoms with Crippen molar-refractivity contribution in [3.05, 3.63) is 120 Å². The fourth-order valence-electron chi connectivity index (χ4n) is 3.20. The summed E-state index contributed by atoms with van der Waals surface area (Å²) in [5.74, 6) is 0.909. The number of benzene rings is 4.